The molecule has 0 spiro atoms. The number of fused-ring (bicyclic) bond motifs is 1. The molecule has 0 aliphatic rings. The molecule has 0 aliphatic heterocycles. The zero-order valence-corrected chi connectivity index (χ0v) is 24.0. The summed E-state index contributed by atoms with van der Waals surface area (Å²) in [5.74, 6) is -0.148. The smallest absolute Gasteiger partial charge is 0.407 e. The fourth-order valence-corrected chi connectivity index (χ4v) is 4.45. The first-order valence-corrected chi connectivity index (χ1v) is 13.9. The SMILES string of the molecule is CC(C)(C)OC(=O)NCc1ccc(-c2nc3ccc(C(=O)NCCCn4ccnc4)cc3nc2-c2ccccc2)cc1. The number of carbonyl (C=O) groups is 2. The van der Waals surface area contributed by atoms with E-state index in [1.165, 1.54) is 0 Å². The van der Waals surface area contributed by atoms with E-state index in [0.29, 0.717) is 29.7 Å². The van der Waals surface area contributed by atoms with Gasteiger partial charge in [0.2, 0.25) is 0 Å². The Labute approximate surface area is 245 Å². The minimum Gasteiger partial charge on any atom is -0.444 e. The third kappa shape index (κ3) is 7.37. The van der Waals surface area contributed by atoms with Crippen molar-refractivity contribution in [2.24, 2.45) is 0 Å². The molecule has 214 valence electrons. The van der Waals surface area contributed by atoms with Gasteiger partial charge in [-0.25, -0.2) is 19.7 Å². The van der Waals surface area contributed by atoms with Crippen molar-refractivity contribution >= 4 is 23.0 Å². The first-order chi connectivity index (χ1) is 20.2. The van der Waals surface area contributed by atoms with Crippen LogP contribution in [0.2, 0.25) is 0 Å². The number of aromatic nitrogens is 4. The Balaban J connectivity index is 1.36. The lowest BCUT2D eigenvalue weighted by Crippen LogP contribution is -2.32. The van der Waals surface area contributed by atoms with Gasteiger partial charge in [0.05, 0.1) is 28.7 Å². The number of benzene rings is 3. The van der Waals surface area contributed by atoms with Crippen molar-refractivity contribution in [3.8, 4) is 22.5 Å². The van der Waals surface area contributed by atoms with Gasteiger partial charge in [-0.1, -0.05) is 54.6 Å². The van der Waals surface area contributed by atoms with Crippen molar-refractivity contribution in [2.45, 2.75) is 45.9 Å². The summed E-state index contributed by atoms with van der Waals surface area (Å²) in [6.07, 6.45) is 5.75. The van der Waals surface area contributed by atoms with Crippen molar-refractivity contribution in [1.29, 1.82) is 0 Å². The van der Waals surface area contributed by atoms with E-state index in [9.17, 15) is 9.59 Å². The van der Waals surface area contributed by atoms with Crippen LogP contribution in [0.5, 0.6) is 0 Å². The Morgan fingerprint density at radius 2 is 1.57 bits per heavy atom. The zero-order chi connectivity index (χ0) is 29.5. The first kappa shape index (κ1) is 28.5. The predicted octanol–water partition coefficient (Wildman–Crippen LogP) is 6.01. The number of hydrogen-bond acceptors (Lipinski definition) is 6. The van der Waals surface area contributed by atoms with Crippen LogP contribution in [0.1, 0.15) is 43.1 Å². The van der Waals surface area contributed by atoms with Gasteiger partial charge in [0.25, 0.3) is 5.91 Å². The Morgan fingerprint density at radius 3 is 2.26 bits per heavy atom. The highest BCUT2D eigenvalue weighted by molar-refractivity contribution is 5.98. The summed E-state index contributed by atoms with van der Waals surface area (Å²) in [7, 11) is 0. The Bertz CT molecular complexity index is 1660. The highest BCUT2D eigenvalue weighted by Crippen LogP contribution is 2.31. The molecule has 0 radical (unpaired) electrons. The normalized spacial score (nSPS) is 11.3. The maximum absolute atomic E-state index is 12.9. The van der Waals surface area contributed by atoms with Gasteiger partial charge in [0.15, 0.2) is 0 Å². The Hall–Kier alpha value is -5.05. The van der Waals surface area contributed by atoms with E-state index in [1.807, 2.05) is 92.2 Å². The molecule has 0 aliphatic carbocycles. The molecule has 0 bridgehead atoms. The molecule has 2 heterocycles. The second-order valence-electron chi connectivity index (χ2n) is 11.0. The van der Waals surface area contributed by atoms with Crippen LogP contribution >= 0.6 is 0 Å². The predicted molar refractivity (Wildman–Crippen MR) is 163 cm³/mol. The molecule has 5 rings (SSSR count). The average Bonchev–Trinajstić information content (AvgIpc) is 3.51. The molecule has 0 fully saturated rings. The quantitative estimate of drug-likeness (QED) is 0.213. The molecule has 3 aromatic carbocycles. The lowest BCUT2D eigenvalue weighted by molar-refractivity contribution is 0.0523. The molecule has 9 nitrogen and oxygen atoms in total. The zero-order valence-electron chi connectivity index (χ0n) is 24.0. The molecule has 0 saturated heterocycles. The van der Waals surface area contributed by atoms with Crippen molar-refractivity contribution in [3.63, 3.8) is 0 Å². The van der Waals surface area contributed by atoms with E-state index in [2.05, 4.69) is 15.6 Å². The molecular weight excluding hydrogens is 528 g/mol. The third-order valence-electron chi connectivity index (χ3n) is 6.47. The number of nitrogens with one attached hydrogen (secondary N) is 2. The second-order valence-corrected chi connectivity index (χ2v) is 11.0. The summed E-state index contributed by atoms with van der Waals surface area (Å²) in [6.45, 7) is 7.18. The van der Waals surface area contributed by atoms with E-state index in [1.54, 1.807) is 24.7 Å². The maximum atomic E-state index is 12.9. The van der Waals surface area contributed by atoms with Crippen LogP contribution in [0.25, 0.3) is 33.5 Å². The highest BCUT2D eigenvalue weighted by atomic mass is 16.6. The largest absolute Gasteiger partial charge is 0.444 e. The van der Waals surface area contributed by atoms with Crippen LogP contribution in [-0.4, -0.2) is 43.7 Å². The number of nitrogens with zero attached hydrogens (tertiary/aromatic N) is 4. The number of hydrogen-bond donors (Lipinski definition) is 2. The minimum absolute atomic E-state index is 0.148. The van der Waals surface area contributed by atoms with E-state index in [-0.39, 0.29) is 5.91 Å². The monoisotopic (exact) mass is 562 g/mol. The van der Waals surface area contributed by atoms with Crippen molar-refractivity contribution in [3.05, 3.63) is 103 Å². The number of amides is 2. The molecule has 0 saturated carbocycles. The van der Waals surface area contributed by atoms with Gasteiger partial charge in [-0.05, 0) is 51.0 Å². The summed E-state index contributed by atoms with van der Waals surface area (Å²) in [5.41, 5.74) is 5.52. The van der Waals surface area contributed by atoms with Gasteiger partial charge in [-0.3, -0.25) is 4.79 Å². The Morgan fingerprint density at radius 1 is 0.857 bits per heavy atom. The van der Waals surface area contributed by atoms with Gasteiger partial charge in [0, 0.05) is 48.7 Å². The van der Waals surface area contributed by atoms with Crippen LogP contribution in [-0.2, 0) is 17.8 Å². The first-order valence-electron chi connectivity index (χ1n) is 13.9. The Kier molecular flexibility index (Phi) is 8.57. The summed E-state index contributed by atoms with van der Waals surface area (Å²) in [4.78, 5) is 38.9. The molecule has 5 aromatic rings. The molecule has 2 aromatic heterocycles. The van der Waals surface area contributed by atoms with Gasteiger partial charge >= 0.3 is 6.09 Å². The molecule has 2 amide bonds. The van der Waals surface area contributed by atoms with Gasteiger partial charge in [0.1, 0.15) is 5.60 Å². The number of aryl methyl sites for hydroxylation is 1. The van der Waals surface area contributed by atoms with Crippen molar-refractivity contribution in [2.75, 3.05) is 6.54 Å². The van der Waals surface area contributed by atoms with Crippen molar-refractivity contribution in [1.82, 2.24) is 30.2 Å². The lowest BCUT2D eigenvalue weighted by atomic mass is 10.0. The van der Waals surface area contributed by atoms with Crippen LogP contribution in [0.15, 0.2) is 91.5 Å². The summed E-state index contributed by atoms with van der Waals surface area (Å²) < 4.78 is 7.30. The summed E-state index contributed by atoms with van der Waals surface area (Å²) in [5, 5.41) is 5.78. The van der Waals surface area contributed by atoms with Gasteiger partial charge in [-0.2, -0.15) is 0 Å². The maximum Gasteiger partial charge on any atom is 0.407 e. The highest BCUT2D eigenvalue weighted by Gasteiger charge is 2.17. The fourth-order valence-electron chi connectivity index (χ4n) is 4.45. The molecule has 9 heteroatoms. The van der Waals surface area contributed by atoms with Gasteiger partial charge in [-0.15, -0.1) is 0 Å². The summed E-state index contributed by atoms with van der Waals surface area (Å²) >= 11 is 0. The number of alkyl carbamates (subject to hydrolysis) is 1. The number of rotatable bonds is 9. The molecule has 0 atom stereocenters. The molecule has 42 heavy (non-hydrogen) atoms. The molecular formula is C33H34N6O3. The van der Waals surface area contributed by atoms with Gasteiger partial charge < -0.3 is 19.9 Å². The minimum atomic E-state index is -0.553. The summed E-state index contributed by atoms with van der Waals surface area (Å²) in [6, 6.07) is 23.1. The number of imidazole rings is 1. The number of ether oxygens (including phenoxy) is 1. The van der Waals surface area contributed by atoms with Crippen LogP contribution in [0.3, 0.4) is 0 Å². The van der Waals surface area contributed by atoms with E-state index < -0.39 is 11.7 Å². The third-order valence-corrected chi connectivity index (χ3v) is 6.47. The topological polar surface area (TPSA) is 111 Å². The average molecular weight is 563 g/mol. The van der Waals surface area contributed by atoms with Crippen molar-refractivity contribution < 1.29 is 14.3 Å². The van der Waals surface area contributed by atoms with E-state index >= 15 is 0 Å². The molecule has 0 unspecified atom stereocenters. The van der Waals surface area contributed by atoms with Crippen LogP contribution in [0, 0.1) is 0 Å². The molecule has 2 N–H and O–H groups in total. The van der Waals surface area contributed by atoms with E-state index in [0.717, 1.165) is 41.0 Å². The van der Waals surface area contributed by atoms with Crippen LogP contribution in [0.4, 0.5) is 4.79 Å². The van der Waals surface area contributed by atoms with E-state index in [4.69, 9.17) is 14.7 Å². The standard InChI is InChI=1S/C33H34N6O3/c1-33(2,3)42-32(41)36-21-23-10-12-25(13-11-23)30-29(24-8-5-4-6-9-24)38-28-20-26(14-15-27(28)37-30)31(40)35-16-7-18-39-19-17-34-22-39/h4-6,8-15,17,19-20,22H,7,16,18,21H2,1-3H3,(H,35,40)(H,36,41). The lowest BCUT2D eigenvalue weighted by Gasteiger charge is -2.19. The fraction of sp³-hybridized carbons (Fsp3) is 0.242. The number of carbonyl (C=O) groups excluding carboxylic acids is 2. The van der Waals surface area contributed by atoms with Crippen LogP contribution < -0.4 is 10.6 Å². The second kappa shape index (κ2) is 12.6.